The van der Waals surface area contributed by atoms with Gasteiger partial charge in [-0.2, -0.15) is 0 Å². The number of amides is 1. The molecule has 9 heteroatoms. The lowest BCUT2D eigenvalue weighted by Gasteiger charge is -2.37. The van der Waals surface area contributed by atoms with Gasteiger partial charge in [0.15, 0.2) is 28.8 Å². The molecule has 0 radical (unpaired) electrons. The van der Waals surface area contributed by atoms with Crippen molar-refractivity contribution in [1.82, 2.24) is 10.5 Å². The van der Waals surface area contributed by atoms with Crippen LogP contribution in [0.25, 0.3) is 0 Å². The van der Waals surface area contributed by atoms with E-state index < -0.39 is 28.8 Å². The molecular formula is C21H24F2N2O5. The van der Waals surface area contributed by atoms with Crippen molar-refractivity contribution < 1.29 is 32.4 Å². The van der Waals surface area contributed by atoms with E-state index in [1.165, 1.54) is 12.1 Å². The molecule has 0 saturated heterocycles. The molecule has 3 rings (SSSR count). The molecule has 1 saturated carbocycles. The Morgan fingerprint density at radius 2 is 1.90 bits per heavy atom. The fourth-order valence-corrected chi connectivity index (χ4v) is 3.62. The van der Waals surface area contributed by atoms with E-state index in [2.05, 4.69) is 10.5 Å². The average Bonchev–Trinajstić information content (AvgIpc) is 3.17. The summed E-state index contributed by atoms with van der Waals surface area (Å²) in [6, 6.07) is 4.72. The minimum Gasteiger partial charge on any atom is -0.479 e. The number of benzene rings is 1. The molecule has 162 valence electrons. The van der Waals surface area contributed by atoms with Crippen LogP contribution in [0.5, 0.6) is 5.75 Å². The van der Waals surface area contributed by atoms with Crippen molar-refractivity contribution >= 4 is 11.9 Å². The van der Waals surface area contributed by atoms with Crippen molar-refractivity contribution in [1.29, 1.82) is 0 Å². The van der Waals surface area contributed by atoms with E-state index in [-0.39, 0.29) is 37.1 Å². The molecule has 1 heterocycles. The first kappa shape index (κ1) is 21.7. The van der Waals surface area contributed by atoms with Crippen molar-refractivity contribution in [2.45, 2.75) is 57.6 Å². The SMILES string of the molecule is CCOC(=O)CC1(NC(=O)c2cc(COc3c(F)cccc3F)on2)CCCCC1. The number of ether oxygens (including phenoxy) is 2. The third kappa shape index (κ3) is 5.34. The minimum absolute atomic E-state index is 0.00332. The van der Waals surface area contributed by atoms with Gasteiger partial charge in [-0.15, -0.1) is 0 Å². The zero-order chi connectivity index (χ0) is 21.6. The zero-order valence-corrected chi connectivity index (χ0v) is 16.7. The number of halogens is 2. The smallest absolute Gasteiger partial charge is 0.308 e. The molecule has 1 aliphatic carbocycles. The van der Waals surface area contributed by atoms with E-state index in [1.54, 1.807) is 6.92 Å². The van der Waals surface area contributed by atoms with Gasteiger partial charge in [-0.25, -0.2) is 8.78 Å². The van der Waals surface area contributed by atoms with Crippen LogP contribution in [0.1, 0.15) is 61.7 Å². The second kappa shape index (κ2) is 9.69. The zero-order valence-electron chi connectivity index (χ0n) is 16.7. The van der Waals surface area contributed by atoms with Gasteiger partial charge in [-0.1, -0.05) is 30.5 Å². The molecule has 0 unspecified atom stereocenters. The Labute approximate surface area is 172 Å². The van der Waals surface area contributed by atoms with Crippen LogP contribution in [0.3, 0.4) is 0 Å². The number of carbonyl (C=O) groups is 2. The summed E-state index contributed by atoms with van der Waals surface area (Å²) in [4.78, 5) is 24.7. The van der Waals surface area contributed by atoms with Gasteiger partial charge in [-0.3, -0.25) is 9.59 Å². The van der Waals surface area contributed by atoms with Gasteiger partial charge in [0.05, 0.1) is 18.6 Å². The Kier molecular flexibility index (Phi) is 7.02. The summed E-state index contributed by atoms with van der Waals surface area (Å²) in [5.41, 5.74) is -0.690. The molecule has 1 amide bonds. The average molecular weight is 422 g/mol. The molecule has 7 nitrogen and oxygen atoms in total. The minimum atomic E-state index is -0.842. The number of rotatable bonds is 8. The van der Waals surface area contributed by atoms with E-state index in [9.17, 15) is 18.4 Å². The van der Waals surface area contributed by atoms with Gasteiger partial charge in [0, 0.05) is 6.07 Å². The summed E-state index contributed by atoms with van der Waals surface area (Å²) >= 11 is 0. The molecule has 1 aromatic carbocycles. The topological polar surface area (TPSA) is 90.7 Å². The first-order chi connectivity index (χ1) is 14.4. The lowest BCUT2D eigenvalue weighted by atomic mass is 9.79. The van der Waals surface area contributed by atoms with E-state index in [1.807, 2.05) is 0 Å². The predicted octanol–water partition coefficient (Wildman–Crippen LogP) is 3.92. The monoisotopic (exact) mass is 422 g/mol. The third-order valence-corrected chi connectivity index (χ3v) is 5.05. The van der Waals surface area contributed by atoms with Gasteiger partial charge in [0.2, 0.25) is 0 Å². The van der Waals surface area contributed by atoms with Crippen molar-refractivity contribution in [3.8, 4) is 5.75 Å². The molecule has 1 fully saturated rings. The van der Waals surface area contributed by atoms with Crippen LogP contribution in [0, 0.1) is 11.6 Å². The van der Waals surface area contributed by atoms with Gasteiger partial charge < -0.3 is 19.3 Å². The molecule has 0 spiro atoms. The number of para-hydroxylation sites is 1. The summed E-state index contributed by atoms with van der Waals surface area (Å²) in [7, 11) is 0. The summed E-state index contributed by atoms with van der Waals surface area (Å²) in [5.74, 6) is -2.94. The largest absolute Gasteiger partial charge is 0.479 e. The molecule has 2 aromatic rings. The van der Waals surface area contributed by atoms with Crippen LogP contribution < -0.4 is 10.1 Å². The molecule has 1 aliphatic rings. The highest BCUT2D eigenvalue weighted by Crippen LogP contribution is 2.32. The Morgan fingerprint density at radius 3 is 2.57 bits per heavy atom. The number of nitrogens with one attached hydrogen (secondary N) is 1. The fourth-order valence-electron chi connectivity index (χ4n) is 3.62. The molecule has 0 bridgehead atoms. The summed E-state index contributed by atoms with van der Waals surface area (Å²) in [5, 5.41) is 6.63. The van der Waals surface area contributed by atoms with Gasteiger partial charge in [0.25, 0.3) is 5.91 Å². The maximum absolute atomic E-state index is 13.6. The van der Waals surface area contributed by atoms with Crippen LogP contribution >= 0.6 is 0 Å². The molecule has 0 atom stereocenters. The highest BCUT2D eigenvalue weighted by atomic mass is 19.1. The Morgan fingerprint density at radius 1 is 1.20 bits per heavy atom. The van der Waals surface area contributed by atoms with E-state index in [4.69, 9.17) is 14.0 Å². The van der Waals surface area contributed by atoms with Crippen LogP contribution in [0.4, 0.5) is 8.78 Å². The highest BCUT2D eigenvalue weighted by molar-refractivity contribution is 5.93. The predicted molar refractivity (Wildman–Crippen MR) is 102 cm³/mol. The highest BCUT2D eigenvalue weighted by Gasteiger charge is 2.37. The number of aromatic nitrogens is 1. The fraction of sp³-hybridized carbons (Fsp3) is 0.476. The number of hydrogen-bond donors (Lipinski definition) is 1. The van der Waals surface area contributed by atoms with Crippen LogP contribution in [0.15, 0.2) is 28.8 Å². The van der Waals surface area contributed by atoms with Crippen molar-refractivity contribution in [3.63, 3.8) is 0 Å². The molecular weight excluding hydrogens is 398 g/mol. The molecule has 1 aromatic heterocycles. The molecule has 0 aliphatic heterocycles. The molecule has 30 heavy (non-hydrogen) atoms. The third-order valence-electron chi connectivity index (χ3n) is 5.05. The molecule has 1 N–H and O–H groups in total. The van der Waals surface area contributed by atoms with E-state index >= 15 is 0 Å². The summed E-state index contributed by atoms with van der Waals surface area (Å²) in [6.07, 6.45) is 4.25. The lowest BCUT2D eigenvalue weighted by molar-refractivity contribution is -0.145. The second-order valence-electron chi connectivity index (χ2n) is 7.29. The maximum Gasteiger partial charge on any atom is 0.308 e. The normalized spacial score (nSPS) is 15.4. The van der Waals surface area contributed by atoms with Crippen LogP contribution in [-0.4, -0.2) is 29.2 Å². The quantitative estimate of drug-likeness (QED) is 0.649. The van der Waals surface area contributed by atoms with Gasteiger partial charge in [-0.05, 0) is 31.9 Å². The van der Waals surface area contributed by atoms with Gasteiger partial charge in [0.1, 0.15) is 6.61 Å². The summed E-state index contributed by atoms with van der Waals surface area (Å²) in [6.45, 7) is 1.71. The van der Waals surface area contributed by atoms with Crippen LogP contribution in [0.2, 0.25) is 0 Å². The van der Waals surface area contributed by atoms with Crippen LogP contribution in [-0.2, 0) is 16.1 Å². The number of nitrogens with zero attached hydrogens (tertiary/aromatic N) is 1. The standard InChI is InChI=1S/C21H24F2N2O5/c1-2-28-18(26)12-21(9-4-3-5-10-21)24-20(27)17-11-14(30-25-17)13-29-19-15(22)7-6-8-16(19)23/h6-8,11H,2-5,9-10,12-13H2,1H3,(H,24,27). The lowest BCUT2D eigenvalue weighted by Crippen LogP contribution is -2.51. The number of carbonyl (C=O) groups excluding carboxylic acids is 2. The Balaban J connectivity index is 1.65. The Hall–Kier alpha value is -2.97. The first-order valence-electron chi connectivity index (χ1n) is 9.93. The van der Waals surface area contributed by atoms with Crippen molar-refractivity contribution in [2.24, 2.45) is 0 Å². The van der Waals surface area contributed by atoms with E-state index in [0.717, 1.165) is 31.4 Å². The summed E-state index contributed by atoms with van der Waals surface area (Å²) < 4.78 is 42.5. The van der Waals surface area contributed by atoms with Gasteiger partial charge >= 0.3 is 5.97 Å². The number of esters is 1. The maximum atomic E-state index is 13.6. The van der Waals surface area contributed by atoms with Crippen molar-refractivity contribution in [2.75, 3.05) is 6.61 Å². The Bertz CT molecular complexity index is 873. The van der Waals surface area contributed by atoms with E-state index in [0.29, 0.717) is 12.8 Å². The van der Waals surface area contributed by atoms with Crippen molar-refractivity contribution in [3.05, 3.63) is 47.4 Å². The second-order valence-corrected chi connectivity index (χ2v) is 7.29. The number of hydrogen-bond acceptors (Lipinski definition) is 6. The first-order valence-corrected chi connectivity index (χ1v) is 9.93.